The second-order valence-electron chi connectivity index (χ2n) is 7.60. The number of carbonyl (C=O) groups excluding carboxylic acids is 2. The van der Waals surface area contributed by atoms with Crippen molar-refractivity contribution in [3.05, 3.63) is 86.8 Å². The van der Waals surface area contributed by atoms with Crippen LogP contribution in [0.3, 0.4) is 0 Å². The van der Waals surface area contributed by atoms with Crippen LogP contribution >= 0.6 is 23.2 Å². The first-order valence-electron chi connectivity index (χ1n) is 10.3. The molecule has 0 bridgehead atoms. The minimum absolute atomic E-state index is 0.0596. The molecule has 36 heavy (non-hydrogen) atoms. The molecule has 3 aromatic carbocycles. The number of anilines is 2. The Hall–Kier alpha value is -3.80. The monoisotopic (exact) mass is 548 g/mol. The van der Waals surface area contributed by atoms with Gasteiger partial charge in [0.2, 0.25) is 0 Å². The molecule has 4 aromatic rings. The number of halogens is 2. The van der Waals surface area contributed by atoms with Gasteiger partial charge in [-0.2, -0.15) is 0 Å². The van der Waals surface area contributed by atoms with Crippen LogP contribution in [0.2, 0.25) is 10.0 Å². The van der Waals surface area contributed by atoms with E-state index in [1.807, 2.05) is 0 Å². The lowest BCUT2D eigenvalue weighted by Gasteiger charge is -2.16. The fourth-order valence-corrected chi connectivity index (χ4v) is 4.68. The normalized spacial score (nSPS) is 12.2. The van der Waals surface area contributed by atoms with E-state index in [-0.39, 0.29) is 26.9 Å². The molecule has 1 atom stereocenters. The summed E-state index contributed by atoms with van der Waals surface area (Å²) in [5.74, 6) is -1.60. The van der Waals surface area contributed by atoms with E-state index in [9.17, 15) is 22.8 Å². The number of carbonyl (C=O) groups is 2. The number of aromatic nitrogens is 2. The minimum atomic E-state index is -4.15. The molecule has 10 nitrogen and oxygen atoms in total. The molecule has 0 spiro atoms. The second-order valence-corrected chi connectivity index (χ2v) is 10.1. The van der Waals surface area contributed by atoms with Crippen molar-refractivity contribution in [1.82, 2.24) is 9.97 Å². The Morgan fingerprint density at radius 3 is 2.44 bits per heavy atom. The molecule has 186 valence electrons. The van der Waals surface area contributed by atoms with Crippen LogP contribution < -0.4 is 15.7 Å². The summed E-state index contributed by atoms with van der Waals surface area (Å²) in [4.78, 5) is 41.7. The first-order chi connectivity index (χ1) is 17.0. The predicted octanol–water partition coefficient (Wildman–Crippen LogP) is 4.15. The zero-order valence-electron chi connectivity index (χ0n) is 18.5. The molecule has 0 saturated heterocycles. The number of hydrogen-bond donors (Lipinski definition) is 4. The lowest BCUT2D eigenvalue weighted by molar-refractivity contribution is -0.123. The van der Waals surface area contributed by atoms with Crippen molar-refractivity contribution >= 4 is 67.5 Å². The van der Waals surface area contributed by atoms with Crippen LogP contribution in [0.1, 0.15) is 17.3 Å². The summed E-state index contributed by atoms with van der Waals surface area (Å²) in [5.41, 5.74) is 0.333. The van der Waals surface area contributed by atoms with Gasteiger partial charge in [-0.25, -0.2) is 18.0 Å². The molecule has 4 N–H and O–H groups in total. The van der Waals surface area contributed by atoms with Crippen molar-refractivity contribution in [2.75, 3.05) is 10.0 Å². The van der Waals surface area contributed by atoms with E-state index in [4.69, 9.17) is 27.9 Å². The van der Waals surface area contributed by atoms with Crippen molar-refractivity contribution in [3.63, 3.8) is 0 Å². The molecular weight excluding hydrogens is 531 g/mol. The number of benzene rings is 3. The molecule has 0 saturated carbocycles. The van der Waals surface area contributed by atoms with Crippen molar-refractivity contribution in [2.24, 2.45) is 0 Å². The summed E-state index contributed by atoms with van der Waals surface area (Å²) in [6.45, 7) is 1.35. The van der Waals surface area contributed by atoms with Gasteiger partial charge in [-0.3, -0.25) is 9.52 Å². The standard InChI is InChI=1S/C23H18Cl2N4O6S/c1-12(21(30)26-19-10-13(24)6-8-16(19)25)35-22(31)15-4-2-3-5-17(15)29-36(33,34)14-7-9-18-20(11-14)28-23(32)27-18/h2-12,29H,1H3,(H,26,30)(H2,27,28,32)/t12-/m0/s1. The summed E-state index contributed by atoms with van der Waals surface area (Å²) in [6.07, 6.45) is -1.25. The highest BCUT2D eigenvalue weighted by Gasteiger charge is 2.24. The number of ether oxygens (including phenoxy) is 1. The Bertz CT molecular complexity index is 1650. The Balaban J connectivity index is 1.51. The third-order valence-electron chi connectivity index (χ3n) is 5.03. The number of aromatic amines is 2. The average Bonchev–Trinajstić information content (AvgIpc) is 3.20. The molecule has 0 unspecified atom stereocenters. The van der Waals surface area contributed by atoms with Gasteiger partial charge in [-0.05, 0) is 55.5 Å². The minimum Gasteiger partial charge on any atom is -0.449 e. The number of nitrogens with one attached hydrogen (secondary N) is 4. The molecule has 1 amide bonds. The van der Waals surface area contributed by atoms with Gasteiger partial charge < -0.3 is 20.0 Å². The third kappa shape index (κ3) is 5.54. The van der Waals surface area contributed by atoms with E-state index in [1.165, 1.54) is 61.5 Å². The molecule has 0 aliphatic carbocycles. The summed E-state index contributed by atoms with van der Waals surface area (Å²) >= 11 is 12.0. The van der Waals surface area contributed by atoms with Crippen LogP contribution in [0.15, 0.2) is 70.4 Å². The molecule has 1 heterocycles. The molecule has 4 rings (SSSR count). The number of amides is 1. The maximum atomic E-state index is 13.0. The zero-order valence-corrected chi connectivity index (χ0v) is 20.8. The number of para-hydroxylation sites is 1. The first kappa shape index (κ1) is 25.3. The molecule has 0 fully saturated rings. The summed E-state index contributed by atoms with van der Waals surface area (Å²) in [7, 11) is -4.15. The molecule has 13 heteroatoms. The van der Waals surface area contributed by atoms with E-state index >= 15 is 0 Å². The molecule has 1 aromatic heterocycles. The van der Waals surface area contributed by atoms with Crippen LogP contribution in [0, 0.1) is 0 Å². The van der Waals surface area contributed by atoms with Gasteiger partial charge in [0.15, 0.2) is 6.10 Å². The van der Waals surface area contributed by atoms with Gasteiger partial charge in [-0.15, -0.1) is 0 Å². The van der Waals surface area contributed by atoms with Crippen molar-refractivity contribution < 1.29 is 22.7 Å². The molecule has 0 aliphatic rings. The SMILES string of the molecule is C[C@H](OC(=O)c1ccccc1NS(=O)(=O)c1ccc2[nH]c(=O)[nH]c2c1)C(=O)Nc1cc(Cl)ccc1Cl. The fourth-order valence-electron chi connectivity index (χ4n) is 3.24. The topological polar surface area (TPSA) is 150 Å². The van der Waals surface area contributed by atoms with E-state index in [0.29, 0.717) is 16.1 Å². The van der Waals surface area contributed by atoms with Crippen molar-refractivity contribution in [2.45, 2.75) is 17.9 Å². The van der Waals surface area contributed by atoms with Gasteiger partial charge >= 0.3 is 11.7 Å². The number of sulfonamides is 1. The largest absolute Gasteiger partial charge is 0.449 e. The van der Waals surface area contributed by atoms with E-state index in [1.54, 1.807) is 6.07 Å². The van der Waals surface area contributed by atoms with Gasteiger partial charge in [0.1, 0.15) is 0 Å². The fraction of sp³-hybridized carbons (Fsp3) is 0.0870. The Morgan fingerprint density at radius 2 is 1.67 bits per heavy atom. The number of hydrogen-bond acceptors (Lipinski definition) is 6. The number of rotatable bonds is 7. The molecule has 0 radical (unpaired) electrons. The molecular formula is C23H18Cl2N4O6S. The van der Waals surface area contributed by atoms with Gasteiger partial charge in [-0.1, -0.05) is 35.3 Å². The number of H-pyrrole nitrogens is 2. The third-order valence-corrected chi connectivity index (χ3v) is 6.96. The smallest absolute Gasteiger partial charge is 0.341 e. The summed E-state index contributed by atoms with van der Waals surface area (Å²) in [5, 5.41) is 3.12. The Morgan fingerprint density at radius 1 is 0.944 bits per heavy atom. The van der Waals surface area contributed by atoms with Crippen molar-refractivity contribution in [1.29, 1.82) is 0 Å². The van der Waals surface area contributed by atoms with Crippen LogP contribution in [-0.2, 0) is 19.6 Å². The quantitative estimate of drug-likeness (QED) is 0.255. The highest BCUT2D eigenvalue weighted by Crippen LogP contribution is 2.26. The highest BCUT2D eigenvalue weighted by molar-refractivity contribution is 7.92. The average molecular weight is 549 g/mol. The van der Waals surface area contributed by atoms with E-state index in [0.717, 1.165) is 0 Å². The van der Waals surface area contributed by atoms with Gasteiger partial charge in [0.25, 0.3) is 15.9 Å². The maximum Gasteiger partial charge on any atom is 0.341 e. The second kappa shape index (κ2) is 10.1. The lowest BCUT2D eigenvalue weighted by atomic mass is 10.2. The van der Waals surface area contributed by atoms with E-state index < -0.39 is 33.7 Å². The Kier molecular flexibility index (Phi) is 7.07. The van der Waals surface area contributed by atoms with Crippen LogP contribution in [0.5, 0.6) is 0 Å². The maximum absolute atomic E-state index is 13.0. The number of fused-ring (bicyclic) bond motifs is 1. The number of imidazole rings is 1. The summed E-state index contributed by atoms with van der Waals surface area (Å²) < 4.78 is 33.5. The van der Waals surface area contributed by atoms with Gasteiger partial charge in [0.05, 0.1) is 37.9 Å². The molecule has 0 aliphatic heterocycles. The van der Waals surface area contributed by atoms with Crippen LogP contribution in [0.4, 0.5) is 11.4 Å². The highest BCUT2D eigenvalue weighted by atomic mass is 35.5. The van der Waals surface area contributed by atoms with Gasteiger partial charge in [0, 0.05) is 5.02 Å². The van der Waals surface area contributed by atoms with Crippen molar-refractivity contribution in [3.8, 4) is 0 Å². The number of esters is 1. The van der Waals surface area contributed by atoms with Crippen LogP contribution in [-0.4, -0.2) is 36.4 Å². The van der Waals surface area contributed by atoms with Crippen LogP contribution in [0.25, 0.3) is 11.0 Å². The van der Waals surface area contributed by atoms with E-state index in [2.05, 4.69) is 20.0 Å². The first-order valence-corrected chi connectivity index (χ1v) is 12.6. The zero-order chi connectivity index (χ0) is 26.0. The predicted molar refractivity (Wildman–Crippen MR) is 136 cm³/mol. The summed E-state index contributed by atoms with van der Waals surface area (Å²) in [6, 6.07) is 14.3. The lowest BCUT2D eigenvalue weighted by Crippen LogP contribution is -2.30. The Labute approximate surface area is 214 Å².